The molecule has 2 aromatic rings. The van der Waals surface area contributed by atoms with E-state index in [4.69, 9.17) is 4.74 Å². The summed E-state index contributed by atoms with van der Waals surface area (Å²) in [5, 5.41) is 6.19. The summed E-state index contributed by atoms with van der Waals surface area (Å²) in [4.78, 5) is 35.1. The van der Waals surface area contributed by atoms with E-state index in [2.05, 4.69) is 25.5 Å². The zero-order chi connectivity index (χ0) is 20.9. The molecule has 2 N–H and O–H groups in total. The smallest absolute Gasteiger partial charge is 0.229 e. The van der Waals surface area contributed by atoms with Gasteiger partial charge in [-0.05, 0) is 44.0 Å². The van der Waals surface area contributed by atoms with Crippen LogP contribution in [0.1, 0.15) is 31.4 Å². The fraction of sp³-hybridized carbons (Fsp3) is 0.455. The Hall–Kier alpha value is -3.00. The third-order valence-corrected chi connectivity index (χ3v) is 5.50. The molecule has 1 aliphatic carbocycles. The maximum atomic E-state index is 12.4. The number of carbonyl (C=O) groups excluding carboxylic acids is 2. The van der Waals surface area contributed by atoms with Gasteiger partial charge in [0.1, 0.15) is 11.6 Å². The molecule has 4 rings (SSSR count). The topological polar surface area (TPSA) is 96.5 Å². The normalized spacial score (nSPS) is 17.6. The van der Waals surface area contributed by atoms with E-state index < -0.39 is 0 Å². The second-order valence-electron chi connectivity index (χ2n) is 7.80. The standard InChI is InChI=1S/C22H27N5O3/c1-15-14-20(27-10-12-30-13-11-27)26-22(23-15)25-18-6-4-17(5-7-18)24-21(29)16-2-8-19(28)9-3-16/h4-7,14,16H,2-3,8-13H2,1H3,(H,24,29)(H,23,25,26). The molecule has 158 valence electrons. The molecule has 1 saturated carbocycles. The molecule has 1 aliphatic heterocycles. The number of benzene rings is 1. The van der Waals surface area contributed by atoms with Gasteiger partial charge in [0, 0.05) is 55.0 Å². The van der Waals surface area contributed by atoms with Crippen LogP contribution in [0, 0.1) is 12.8 Å². The number of aromatic nitrogens is 2. The van der Waals surface area contributed by atoms with Crippen LogP contribution in [0.25, 0.3) is 0 Å². The molecule has 0 bridgehead atoms. The van der Waals surface area contributed by atoms with E-state index in [0.717, 1.165) is 36.0 Å². The Morgan fingerprint density at radius 1 is 1.07 bits per heavy atom. The van der Waals surface area contributed by atoms with Crippen molar-refractivity contribution in [2.24, 2.45) is 5.92 Å². The van der Waals surface area contributed by atoms with Gasteiger partial charge < -0.3 is 20.3 Å². The van der Waals surface area contributed by atoms with E-state index in [9.17, 15) is 9.59 Å². The number of Topliss-reactive ketones (excluding diaryl/α,β-unsaturated/α-hetero) is 1. The van der Waals surface area contributed by atoms with Crippen LogP contribution in [-0.2, 0) is 14.3 Å². The number of anilines is 4. The summed E-state index contributed by atoms with van der Waals surface area (Å²) >= 11 is 0. The molecule has 8 heteroatoms. The molecule has 0 spiro atoms. The molecule has 1 aromatic carbocycles. The van der Waals surface area contributed by atoms with Gasteiger partial charge in [-0.25, -0.2) is 4.98 Å². The number of rotatable bonds is 5. The Morgan fingerprint density at radius 3 is 2.43 bits per heavy atom. The van der Waals surface area contributed by atoms with Crippen molar-refractivity contribution in [2.45, 2.75) is 32.6 Å². The summed E-state index contributed by atoms with van der Waals surface area (Å²) in [6.07, 6.45) is 2.29. The maximum absolute atomic E-state index is 12.4. The van der Waals surface area contributed by atoms with Crippen molar-refractivity contribution >= 4 is 34.8 Å². The highest BCUT2D eigenvalue weighted by molar-refractivity contribution is 5.94. The van der Waals surface area contributed by atoms with E-state index in [-0.39, 0.29) is 17.6 Å². The van der Waals surface area contributed by atoms with Crippen LogP contribution in [0.4, 0.5) is 23.1 Å². The van der Waals surface area contributed by atoms with Crippen LogP contribution in [0.5, 0.6) is 0 Å². The van der Waals surface area contributed by atoms with Crippen LogP contribution < -0.4 is 15.5 Å². The Balaban J connectivity index is 1.38. The number of hydrogen-bond acceptors (Lipinski definition) is 7. The highest BCUT2D eigenvalue weighted by Gasteiger charge is 2.24. The Labute approximate surface area is 176 Å². The van der Waals surface area contributed by atoms with Crippen LogP contribution in [0.3, 0.4) is 0 Å². The SMILES string of the molecule is Cc1cc(N2CCOCC2)nc(Nc2ccc(NC(=O)C3CCC(=O)CC3)cc2)n1. The Morgan fingerprint density at radius 2 is 1.73 bits per heavy atom. The largest absolute Gasteiger partial charge is 0.378 e. The van der Waals surface area contributed by atoms with E-state index in [0.29, 0.717) is 44.8 Å². The van der Waals surface area contributed by atoms with E-state index in [1.807, 2.05) is 37.3 Å². The van der Waals surface area contributed by atoms with Gasteiger partial charge in [0.05, 0.1) is 13.2 Å². The molecular weight excluding hydrogens is 382 g/mol. The summed E-state index contributed by atoms with van der Waals surface area (Å²) in [7, 11) is 0. The van der Waals surface area contributed by atoms with Crippen molar-refractivity contribution in [1.29, 1.82) is 0 Å². The van der Waals surface area contributed by atoms with Crippen molar-refractivity contribution in [2.75, 3.05) is 41.8 Å². The molecule has 1 saturated heterocycles. The minimum Gasteiger partial charge on any atom is -0.378 e. The summed E-state index contributed by atoms with van der Waals surface area (Å²) in [5.74, 6) is 1.59. The molecule has 2 aliphatic rings. The Kier molecular flexibility index (Phi) is 6.23. The fourth-order valence-electron chi connectivity index (χ4n) is 3.77. The number of nitrogens with one attached hydrogen (secondary N) is 2. The first-order chi connectivity index (χ1) is 14.6. The minimum atomic E-state index is -0.0835. The summed E-state index contributed by atoms with van der Waals surface area (Å²) < 4.78 is 5.41. The lowest BCUT2D eigenvalue weighted by molar-refractivity contribution is -0.125. The predicted octanol–water partition coefficient (Wildman–Crippen LogP) is 3.06. The molecule has 1 amide bonds. The molecule has 1 aromatic heterocycles. The quantitative estimate of drug-likeness (QED) is 0.783. The molecule has 8 nitrogen and oxygen atoms in total. The number of hydrogen-bond donors (Lipinski definition) is 2. The number of aryl methyl sites for hydroxylation is 1. The van der Waals surface area contributed by atoms with E-state index >= 15 is 0 Å². The van der Waals surface area contributed by atoms with Gasteiger partial charge in [-0.3, -0.25) is 9.59 Å². The molecular formula is C22H27N5O3. The average Bonchev–Trinajstić information content (AvgIpc) is 2.76. The highest BCUT2D eigenvalue weighted by Crippen LogP contribution is 2.24. The van der Waals surface area contributed by atoms with Crippen LogP contribution in [-0.4, -0.2) is 48.0 Å². The predicted molar refractivity (Wildman–Crippen MR) is 115 cm³/mol. The fourth-order valence-corrected chi connectivity index (χ4v) is 3.77. The monoisotopic (exact) mass is 409 g/mol. The molecule has 0 radical (unpaired) electrons. The lowest BCUT2D eigenvalue weighted by Crippen LogP contribution is -2.36. The first-order valence-corrected chi connectivity index (χ1v) is 10.4. The van der Waals surface area contributed by atoms with Crippen LogP contribution >= 0.6 is 0 Å². The molecule has 0 atom stereocenters. The van der Waals surface area contributed by atoms with Gasteiger partial charge in [-0.2, -0.15) is 4.98 Å². The van der Waals surface area contributed by atoms with Crippen molar-refractivity contribution in [3.8, 4) is 0 Å². The lowest BCUT2D eigenvalue weighted by Gasteiger charge is -2.28. The van der Waals surface area contributed by atoms with Gasteiger partial charge >= 0.3 is 0 Å². The van der Waals surface area contributed by atoms with Crippen molar-refractivity contribution < 1.29 is 14.3 Å². The van der Waals surface area contributed by atoms with E-state index in [1.54, 1.807) is 0 Å². The van der Waals surface area contributed by atoms with Gasteiger partial charge in [0.2, 0.25) is 11.9 Å². The molecule has 2 heterocycles. The van der Waals surface area contributed by atoms with Gasteiger partial charge in [0.15, 0.2) is 0 Å². The lowest BCUT2D eigenvalue weighted by atomic mass is 9.88. The third kappa shape index (κ3) is 5.13. The summed E-state index contributed by atoms with van der Waals surface area (Å²) in [5.41, 5.74) is 2.47. The number of amides is 1. The van der Waals surface area contributed by atoms with E-state index in [1.165, 1.54) is 0 Å². The van der Waals surface area contributed by atoms with Crippen LogP contribution in [0.15, 0.2) is 30.3 Å². The zero-order valence-corrected chi connectivity index (χ0v) is 17.2. The second-order valence-corrected chi connectivity index (χ2v) is 7.80. The van der Waals surface area contributed by atoms with Crippen LogP contribution in [0.2, 0.25) is 0 Å². The maximum Gasteiger partial charge on any atom is 0.229 e. The first-order valence-electron chi connectivity index (χ1n) is 10.4. The van der Waals surface area contributed by atoms with Crippen molar-refractivity contribution in [3.63, 3.8) is 0 Å². The minimum absolute atomic E-state index is 0.0135. The molecule has 0 unspecified atom stereocenters. The number of nitrogens with zero attached hydrogens (tertiary/aromatic N) is 3. The number of carbonyl (C=O) groups is 2. The first kappa shape index (κ1) is 20.3. The zero-order valence-electron chi connectivity index (χ0n) is 17.2. The summed E-state index contributed by atoms with van der Waals surface area (Å²) in [6, 6.07) is 9.47. The van der Waals surface area contributed by atoms with Gasteiger partial charge in [0.25, 0.3) is 0 Å². The average molecular weight is 409 g/mol. The molecule has 30 heavy (non-hydrogen) atoms. The Bertz CT molecular complexity index is 899. The highest BCUT2D eigenvalue weighted by atomic mass is 16.5. The van der Waals surface area contributed by atoms with Crippen molar-refractivity contribution in [3.05, 3.63) is 36.0 Å². The third-order valence-electron chi connectivity index (χ3n) is 5.50. The summed E-state index contributed by atoms with van der Waals surface area (Å²) in [6.45, 7) is 5.00. The van der Waals surface area contributed by atoms with Crippen molar-refractivity contribution in [1.82, 2.24) is 9.97 Å². The number of ketones is 1. The number of morpholine rings is 1. The number of ether oxygens (including phenoxy) is 1. The molecule has 2 fully saturated rings. The second kappa shape index (κ2) is 9.21. The van der Waals surface area contributed by atoms with Gasteiger partial charge in [-0.1, -0.05) is 0 Å². The van der Waals surface area contributed by atoms with Gasteiger partial charge in [-0.15, -0.1) is 0 Å².